The van der Waals surface area contributed by atoms with Gasteiger partial charge in [0.1, 0.15) is 0 Å². The number of hydrogen-bond acceptors (Lipinski definition) is 1. The van der Waals surface area contributed by atoms with Gasteiger partial charge in [-0.25, -0.2) is 22.0 Å². The molecule has 0 spiro atoms. The number of halogens is 6. The van der Waals surface area contributed by atoms with Crippen molar-refractivity contribution in [3.8, 4) is 0 Å². The Bertz CT molecular complexity index is 525. The maximum absolute atomic E-state index is 13.9. The van der Waals surface area contributed by atoms with E-state index in [1.807, 2.05) is 0 Å². The molecule has 0 N–H and O–H groups in total. The Hall–Kier alpha value is -0.663. The Morgan fingerprint density at radius 1 is 0.708 bits per heavy atom. The number of hydrogen-bond donors (Lipinski definition) is 0. The number of unbranched alkanes of at least 4 members (excludes halogenated alkanes) is 5. The molecule has 0 aromatic heterocycles. The van der Waals surface area contributed by atoms with Crippen molar-refractivity contribution < 1.29 is 26.4 Å². The van der Waals surface area contributed by atoms with Gasteiger partial charge in [0, 0.05) is 17.7 Å². The third kappa shape index (κ3) is 5.42. The second-order valence-corrected chi connectivity index (χ2v) is 10.3. The van der Waals surface area contributed by atoms with Crippen LogP contribution in [0.1, 0.15) is 38.5 Å². The lowest BCUT2D eigenvalue weighted by Gasteiger charge is -2.24. The minimum Gasteiger partial charge on any atom is -0.413 e. The van der Waals surface area contributed by atoms with Gasteiger partial charge >= 0.3 is 0 Å². The fraction of sp³-hybridized carbons (Fsp3) is 0.625. The Balaban J connectivity index is 2.63. The molecule has 1 aromatic rings. The molecule has 0 radical (unpaired) electrons. The second kappa shape index (κ2) is 9.72. The predicted molar refractivity (Wildman–Crippen MR) is 87.7 cm³/mol. The van der Waals surface area contributed by atoms with E-state index in [4.69, 9.17) is 16.0 Å². The largest absolute Gasteiger partial charge is 0.413 e. The fourth-order valence-corrected chi connectivity index (χ4v) is 4.70. The zero-order valence-corrected chi connectivity index (χ0v) is 15.6. The van der Waals surface area contributed by atoms with Crippen LogP contribution in [0.5, 0.6) is 0 Å². The van der Waals surface area contributed by atoms with Crippen LogP contribution >= 0.6 is 11.6 Å². The van der Waals surface area contributed by atoms with Crippen LogP contribution in [0.3, 0.4) is 0 Å². The van der Waals surface area contributed by atoms with Crippen molar-refractivity contribution in [2.45, 2.75) is 51.6 Å². The summed E-state index contributed by atoms with van der Waals surface area (Å²) in [6, 6.07) is 0. The molecule has 1 aromatic carbocycles. The van der Waals surface area contributed by atoms with E-state index < -0.39 is 42.6 Å². The lowest BCUT2D eigenvalue weighted by molar-refractivity contribution is 0.298. The summed E-state index contributed by atoms with van der Waals surface area (Å²) < 4.78 is 73.0. The first-order chi connectivity index (χ1) is 11.2. The molecule has 0 atom stereocenters. The second-order valence-electron chi connectivity index (χ2n) is 6.11. The Labute approximate surface area is 145 Å². The number of benzene rings is 1. The summed E-state index contributed by atoms with van der Waals surface area (Å²) in [7, 11) is -3.25. The van der Waals surface area contributed by atoms with Crippen molar-refractivity contribution in [3.05, 3.63) is 29.1 Å². The van der Waals surface area contributed by atoms with E-state index in [9.17, 15) is 22.0 Å². The van der Waals surface area contributed by atoms with E-state index in [1.54, 1.807) is 0 Å². The summed E-state index contributed by atoms with van der Waals surface area (Å²) in [5.74, 6) is -8.92. The molecule has 0 amide bonds. The monoisotopic (exact) mass is 388 g/mol. The van der Waals surface area contributed by atoms with Crippen molar-refractivity contribution in [3.63, 3.8) is 0 Å². The highest BCUT2D eigenvalue weighted by atomic mass is 35.5. The predicted octanol–water partition coefficient (Wildman–Crippen LogP) is 5.39. The lowest BCUT2D eigenvalue weighted by Crippen LogP contribution is -2.50. The number of rotatable bonds is 10. The van der Waals surface area contributed by atoms with Crippen LogP contribution in [0.25, 0.3) is 0 Å². The van der Waals surface area contributed by atoms with Gasteiger partial charge in [-0.2, -0.15) is 0 Å². The molecule has 0 aliphatic rings. The standard InChI is InChI=1S/C16H22ClF5OSi/c1-24(2,23-10-8-6-4-3-5-7-9-17)16-14(21)12(19)11(18)13(20)15(16)22/h3-10H2,1-2H3. The highest BCUT2D eigenvalue weighted by molar-refractivity contribution is 6.84. The van der Waals surface area contributed by atoms with Gasteiger partial charge < -0.3 is 4.43 Å². The average molecular weight is 389 g/mol. The molecule has 1 nitrogen and oxygen atoms in total. The quantitative estimate of drug-likeness (QED) is 0.130. The van der Waals surface area contributed by atoms with E-state index in [0.717, 1.165) is 32.1 Å². The van der Waals surface area contributed by atoms with Crippen LogP contribution in [0, 0.1) is 29.1 Å². The first-order valence-electron chi connectivity index (χ1n) is 7.95. The van der Waals surface area contributed by atoms with Gasteiger partial charge in [0.15, 0.2) is 23.3 Å². The molecular formula is C16H22ClF5OSi. The number of alkyl halides is 1. The molecule has 0 heterocycles. The van der Waals surface area contributed by atoms with Crippen molar-refractivity contribution in [2.75, 3.05) is 12.5 Å². The third-order valence-corrected chi connectivity index (χ3v) is 6.64. The van der Waals surface area contributed by atoms with E-state index in [1.165, 1.54) is 13.1 Å². The van der Waals surface area contributed by atoms with Crippen LogP contribution in [0.4, 0.5) is 22.0 Å². The smallest absolute Gasteiger partial charge is 0.224 e. The fourth-order valence-electron chi connectivity index (χ4n) is 2.44. The van der Waals surface area contributed by atoms with E-state index in [-0.39, 0.29) is 6.61 Å². The lowest BCUT2D eigenvalue weighted by atomic mass is 10.1. The van der Waals surface area contributed by atoms with Gasteiger partial charge in [-0.1, -0.05) is 25.7 Å². The molecule has 1 rings (SSSR count). The Morgan fingerprint density at radius 3 is 1.62 bits per heavy atom. The molecule has 0 aliphatic carbocycles. The molecule has 0 aliphatic heterocycles. The molecule has 0 unspecified atom stereocenters. The van der Waals surface area contributed by atoms with Crippen molar-refractivity contribution in [1.82, 2.24) is 0 Å². The van der Waals surface area contributed by atoms with E-state index in [2.05, 4.69) is 0 Å². The maximum atomic E-state index is 13.9. The van der Waals surface area contributed by atoms with Crippen LogP contribution in [-0.4, -0.2) is 20.8 Å². The van der Waals surface area contributed by atoms with Gasteiger partial charge in [0.2, 0.25) is 14.1 Å². The van der Waals surface area contributed by atoms with Gasteiger partial charge in [-0.05, 0) is 25.9 Å². The molecule has 24 heavy (non-hydrogen) atoms. The van der Waals surface area contributed by atoms with Gasteiger partial charge in [-0.15, -0.1) is 11.6 Å². The van der Waals surface area contributed by atoms with Gasteiger partial charge in [0.25, 0.3) is 0 Å². The zero-order chi connectivity index (χ0) is 18.3. The molecule has 0 bridgehead atoms. The molecular weight excluding hydrogens is 367 g/mol. The maximum Gasteiger partial charge on any atom is 0.224 e. The Morgan fingerprint density at radius 2 is 1.12 bits per heavy atom. The highest BCUT2D eigenvalue weighted by Gasteiger charge is 2.37. The van der Waals surface area contributed by atoms with E-state index >= 15 is 0 Å². The van der Waals surface area contributed by atoms with Crippen LogP contribution < -0.4 is 5.19 Å². The van der Waals surface area contributed by atoms with Crippen molar-refractivity contribution >= 4 is 25.1 Å². The first kappa shape index (κ1) is 21.4. The van der Waals surface area contributed by atoms with Crippen LogP contribution in [-0.2, 0) is 4.43 Å². The molecule has 0 fully saturated rings. The van der Waals surface area contributed by atoms with Crippen LogP contribution in [0.15, 0.2) is 0 Å². The summed E-state index contributed by atoms with van der Waals surface area (Å²) in [5, 5.41) is -0.805. The molecule has 0 saturated carbocycles. The minimum absolute atomic E-state index is 0.230. The summed E-state index contributed by atoms with van der Waals surface area (Å²) in [6.45, 7) is 3.08. The highest BCUT2D eigenvalue weighted by Crippen LogP contribution is 2.20. The summed E-state index contributed by atoms with van der Waals surface area (Å²) in [4.78, 5) is 0. The molecule has 8 heteroatoms. The molecule has 138 valence electrons. The normalized spacial score (nSPS) is 12.0. The summed E-state index contributed by atoms with van der Waals surface area (Å²) in [5.41, 5.74) is 0. The third-order valence-electron chi connectivity index (χ3n) is 3.80. The van der Waals surface area contributed by atoms with Crippen LogP contribution in [0.2, 0.25) is 13.1 Å². The van der Waals surface area contributed by atoms with Gasteiger partial charge in [0.05, 0.1) is 0 Å². The molecule has 0 saturated heterocycles. The summed E-state index contributed by atoms with van der Waals surface area (Å²) >= 11 is 5.58. The average Bonchev–Trinajstić information content (AvgIpc) is 2.53. The SMILES string of the molecule is C[Si](C)(OCCCCCCCCCl)c1c(F)c(F)c(F)c(F)c1F. The Kier molecular flexibility index (Phi) is 8.66. The van der Waals surface area contributed by atoms with Crippen molar-refractivity contribution in [1.29, 1.82) is 0 Å². The first-order valence-corrected chi connectivity index (χ1v) is 11.4. The minimum atomic E-state index is -3.25. The summed E-state index contributed by atoms with van der Waals surface area (Å²) in [6.07, 6.45) is 5.61. The van der Waals surface area contributed by atoms with Gasteiger partial charge in [-0.3, -0.25) is 0 Å². The van der Waals surface area contributed by atoms with Crippen molar-refractivity contribution in [2.24, 2.45) is 0 Å². The van der Waals surface area contributed by atoms with E-state index in [0.29, 0.717) is 12.3 Å². The topological polar surface area (TPSA) is 9.23 Å². The zero-order valence-electron chi connectivity index (χ0n) is 13.8.